The number of halogens is 3. The molecule has 0 saturated heterocycles. The van der Waals surface area contributed by atoms with Crippen LogP contribution in [0, 0.1) is 0 Å². The molecule has 0 saturated carbocycles. The highest BCUT2D eigenvalue weighted by Gasteiger charge is 1.90. The van der Waals surface area contributed by atoms with Gasteiger partial charge >= 0.3 is 0 Å². The molecule has 0 atom stereocenters. The SMILES string of the molecule is C.C.CC.CC.ClCCCBr.ClCCCSc1ccccc1.Sc1ccccc1. The summed E-state index contributed by atoms with van der Waals surface area (Å²) in [7, 11) is 0. The van der Waals surface area contributed by atoms with E-state index in [1.165, 1.54) is 4.90 Å². The summed E-state index contributed by atoms with van der Waals surface area (Å²) in [6, 6.07) is 20.2. The van der Waals surface area contributed by atoms with Crippen molar-refractivity contribution in [2.24, 2.45) is 0 Å². The summed E-state index contributed by atoms with van der Waals surface area (Å²) in [5, 5.41) is 1.02. The maximum Gasteiger partial charge on any atom is 0.0231 e. The van der Waals surface area contributed by atoms with Crippen LogP contribution in [0.15, 0.2) is 70.5 Å². The molecule has 0 aromatic heterocycles. The Morgan fingerprint density at radius 3 is 1.45 bits per heavy atom. The van der Waals surface area contributed by atoms with Crippen LogP contribution in [0.1, 0.15) is 55.4 Å². The lowest BCUT2D eigenvalue weighted by atomic mass is 10.4. The Morgan fingerprint density at radius 2 is 1.17 bits per heavy atom. The lowest BCUT2D eigenvalue weighted by Gasteiger charge is -1.97. The van der Waals surface area contributed by atoms with Crippen molar-refractivity contribution in [3.8, 4) is 0 Å². The van der Waals surface area contributed by atoms with Gasteiger partial charge in [-0.05, 0) is 42.9 Å². The van der Waals surface area contributed by atoms with Crippen molar-refractivity contribution in [1.82, 2.24) is 0 Å². The van der Waals surface area contributed by atoms with Crippen molar-refractivity contribution in [3.05, 3.63) is 60.7 Å². The zero-order chi connectivity index (χ0) is 21.2. The average Bonchev–Trinajstić information content (AvgIpc) is 2.74. The van der Waals surface area contributed by atoms with E-state index >= 15 is 0 Å². The van der Waals surface area contributed by atoms with Gasteiger partial charge in [0.1, 0.15) is 0 Å². The summed E-state index contributed by atoms with van der Waals surface area (Å²) < 4.78 is 0. The molecular weight excluding hydrogens is 503 g/mol. The fourth-order valence-corrected chi connectivity index (χ4v) is 3.31. The van der Waals surface area contributed by atoms with Gasteiger partial charge in [-0.1, -0.05) is 94.9 Å². The van der Waals surface area contributed by atoms with Crippen molar-refractivity contribution >= 4 is 63.5 Å². The molecule has 0 unspecified atom stereocenters. The van der Waals surface area contributed by atoms with Crippen molar-refractivity contribution in [1.29, 1.82) is 0 Å². The van der Waals surface area contributed by atoms with Gasteiger partial charge in [0, 0.05) is 26.9 Å². The molecule has 0 heterocycles. The summed E-state index contributed by atoms with van der Waals surface area (Å²) in [5.41, 5.74) is 0. The number of thioether (sulfide) groups is 1. The Balaban J connectivity index is -0.0000000936. The van der Waals surface area contributed by atoms with Gasteiger partial charge in [0.05, 0.1) is 0 Å². The third-order valence-corrected chi connectivity index (χ3v) is 4.81. The van der Waals surface area contributed by atoms with Gasteiger partial charge < -0.3 is 0 Å². The summed E-state index contributed by atoms with van der Waals surface area (Å²) in [4.78, 5) is 2.35. The molecule has 0 amide bonds. The molecule has 5 heteroatoms. The van der Waals surface area contributed by atoms with Crippen LogP contribution < -0.4 is 0 Å². The predicted octanol–water partition coefficient (Wildman–Crippen LogP) is 10.7. The maximum absolute atomic E-state index is 5.55. The van der Waals surface area contributed by atoms with E-state index in [2.05, 4.69) is 52.8 Å². The minimum Gasteiger partial charge on any atom is -0.143 e. The molecule has 2 aromatic rings. The second-order valence-electron chi connectivity index (χ2n) is 4.27. The van der Waals surface area contributed by atoms with Gasteiger partial charge in [-0.2, -0.15) is 0 Å². The zero-order valence-electron chi connectivity index (χ0n) is 17.0. The maximum atomic E-state index is 5.55. The van der Waals surface area contributed by atoms with Crippen LogP contribution in [-0.2, 0) is 0 Å². The molecule has 0 aliphatic carbocycles. The van der Waals surface area contributed by atoms with E-state index < -0.39 is 0 Å². The van der Waals surface area contributed by atoms with Gasteiger partial charge in [-0.3, -0.25) is 0 Å². The smallest absolute Gasteiger partial charge is 0.0231 e. The van der Waals surface area contributed by atoms with Crippen LogP contribution in [0.4, 0.5) is 0 Å². The van der Waals surface area contributed by atoms with E-state index in [1.54, 1.807) is 0 Å². The van der Waals surface area contributed by atoms with Crippen molar-refractivity contribution in [3.63, 3.8) is 0 Å². The fourth-order valence-electron chi connectivity index (χ4n) is 1.24. The first-order valence-electron chi connectivity index (χ1n) is 9.34. The first kappa shape index (κ1) is 39.7. The molecule has 0 aliphatic heterocycles. The van der Waals surface area contributed by atoms with E-state index in [1.807, 2.05) is 75.9 Å². The molecule has 0 N–H and O–H groups in total. The van der Waals surface area contributed by atoms with Gasteiger partial charge in [0.2, 0.25) is 0 Å². The molecule has 29 heavy (non-hydrogen) atoms. The molecular formula is C24H43BrCl2S2. The van der Waals surface area contributed by atoms with Gasteiger partial charge in [0.25, 0.3) is 0 Å². The highest BCUT2D eigenvalue weighted by molar-refractivity contribution is 9.09. The van der Waals surface area contributed by atoms with Crippen LogP contribution >= 0.6 is 63.5 Å². The predicted molar refractivity (Wildman–Crippen MR) is 151 cm³/mol. The van der Waals surface area contributed by atoms with Crippen LogP contribution in [0.2, 0.25) is 0 Å². The second-order valence-corrected chi connectivity index (χ2v) is 7.50. The van der Waals surface area contributed by atoms with Crippen LogP contribution in [0.3, 0.4) is 0 Å². The van der Waals surface area contributed by atoms with Crippen LogP contribution in [0.25, 0.3) is 0 Å². The van der Waals surface area contributed by atoms with Crippen molar-refractivity contribution < 1.29 is 0 Å². The first-order valence-corrected chi connectivity index (χ1v) is 13.0. The molecule has 0 aliphatic rings. The Labute approximate surface area is 211 Å². The van der Waals surface area contributed by atoms with Gasteiger partial charge in [-0.15, -0.1) is 47.6 Å². The van der Waals surface area contributed by atoms with E-state index in [4.69, 9.17) is 23.2 Å². The quantitative estimate of drug-likeness (QED) is 0.163. The number of benzene rings is 2. The molecule has 0 radical (unpaired) electrons. The first-order chi connectivity index (χ1) is 13.2. The monoisotopic (exact) mass is 544 g/mol. The normalized spacial score (nSPS) is 7.72. The minimum absolute atomic E-state index is 0. The van der Waals surface area contributed by atoms with E-state index in [-0.39, 0.29) is 14.9 Å². The molecule has 0 nitrogen and oxygen atoms in total. The third-order valence-electron chi connectivity index (χ3n) is 2.31. The molecule has 2 aromatic carbocycles. The van der Waals surface area contributed by atoms with Crippen LogP contribution in [0.5, 0.6) is 0 Å². The Bertz CT molecular complexity index is 455. The van der Waals surface area contributed by atoms with Gasteiger partial charge in [-0.25, -0.2) is 0 Å². The van der Waals surface area contributed by atoms with Crippen LogP contribution in [-0.4, -0.2) is 22.8 Å². The lowest BCUT2D eigenvalue weighted by Crippen LogP contribution is -1.79. The summed E-state index contributed by atoms with van der Waals surface area (Å²) >= 11 is 20.0. The van der Waals surface area contributed by atoms with E-state index in [0.717, 1.165) is 40.6 Å². The molecule has 0 fully saturated rings. The summed E-state index contributed by atoms with van der Waals surface area (Å²) in [5.74, 6) is 2.65. The fraction of sp³-hybridized carbons (Fsp3) is 0.500. The summed E-state index contributed by atoms with van der Waals surface area (Å²) in [6.07, 6.45) is 2.16. The second kappa shape index (κ2) is 38.8. The number of rotatable bonds is 6. The van der Waals surface area contributed by atoms with Gasteiger partial charge in [0.15, 0.2) is 0 Å². The number of thiol groups is 1. The third kappa shape index (κ3) is 36.0. The Kier molecular flexibility index (Phi) is 53.0. The number of hydrogen-bond donors (Lipinski definition) is 1. The minimum atomic E-state index is 0. The van der Waals surface area contributed by atoms with Crippen molar-refractivity contribution in [2.75, 3.05) is 22.8 Å². The Hall–Kier alpha value is 0.200. The number of alkyl halides is 3. The largest absolute Gasteiger partial charge is 0.143 e. The molecule has 0 spiro atoms. The highest BCUT2D eigenvalue weighted by Crippen LogP contribution is 2.17. The molecule has 2 rings (SSSR count). The molecule has 172 valence electrons. The molecule has 0 bridgehead atoms. The standard InChI is InChI=1S/C9H11ClS.C6H6S.C3H6BrCl.2C2H6.2CH4/c10-7-4-8-11-9-5-2-1-3-6-9;7-6-4-2-1-3-5-6;4-2-1-3-5;2*1-2;;/h1-3,5-6H,4,7-8H2;1-5,7H;1-3H2;2*1-2H3;2*1H4. The average molecular weight is 547 g/mol. The van der Waals surface area contributed by atoms with E-state index in [9.17, 15) is 0 Å². The topological polar surface area (TPSA) is 0 Å². The highest BCUT2D eigenvalue weighted by atomic mass is 79.9. The van der Waals surface area contributed by atoms with E-state index in [0.29, 0.717) is 0 Å². The lowest BCUT2D eigenvalue weighted by molar-refractivity contribution is 1.11. The Morgan fingerprint density at radius 1 is 0.759 bits per heavy atom. The van der Waals surface area contributed by atoms with Crippen molar-refractivity contribution in [2.45, 2.75) is 65.2 Å². The number of hydrogen-bond acceptors (Lipinski definition) is 2. The zero-order valence-corrected chi connectivity index (χ0v) is 21.8. The summed E-state index contributed by atoms with van der Waals surface area (Å²) in [6.45, 7) is 8.00.